The second kappa shape index (κ2) is 6.47. The Morgan fingerprint density at radius 1 is 1.29 bits per heavy atom. The molecule has 0 radical (unpaired) electrons. The summed E-state index contributed by atoms with van der Waals surface area (Å²) >= 11 is 0. The van der Waals surface area contributed by atoms with Gasteiger partial charge >= 0.3 is 0 Å². The van der Waals surface area contributed by atoms with Gasteiger partial charge in [0.15, 0.2) is 0 Å². The molecule has 0 saturated carbocycles. The summed E-state index contributed by atoms with van der Waals surface area (Å²) in [5.74, 6) is 0.579. The number of carbonyl (C=O) groups is 1. The molecule has 0 saturated heterocycles. The number of hydrogen-bond acceptors (Lipinski definition) is 3. The topological polar surface area (TPSA) is 67.0 Å². The molecule has 0 aliphatic rings. The second-order valence-corrected chi connectivity index (χ2v) is 5.52. The molecule has 1 amide bonds. The van der Waals surface area contributed by atoms with Crippen molar-refractivity contribution >= 4 is 16.8 Å². The zero-order valence-corrected chi connectivity index (χ0v) is 13.5. The largest absolute Gasteiger partial charge is 0.497 e. The maximum Gasteiger partial charge on any atom is 0.251 e. The lowest BCUT2D eigenvalue weighted by atomic mass is 10.1. The van der Waals surface area contributed by atoms with Crippen molar-refractivity contribution in [3.63, 3.8) is 0 Å². The van der Waals surface area contributed by atoms with Gasteiger partial charge < -0.3 is 14.6 Å². The van der Waals surface area contributed by atoms with E-state index in [4.69, 9.17) is 10.00 Å². The highest BCUT2D eigenvalue weighted by atomic mass is 16.5. The summed E-state index contributed by atoms with van der Waals surface area (Å²) in [6, 6.07) is 14.6. The number of ether oxygens (including phenoxy) is 1. The van der Waals surface area contributed by atoms with Crippen molar-refractivity contribution in [2.75, 3.05) is 7.11 Å². The number of carbonyl (C=O) groups excluding carboxylic acids is 1. The lowest BCUT2D eigenvalue weighted by Gasteiger charge is -2.05. The Hall–Kier alpha value is -3.26. The standard InChI is InChI=1S/C19H17N3O2/c1-22-12-15(17-9-16(24-2)6-7-18(17)22)11-21-19(23)14-5-3-4-13(8-14)10-20/h3-9,12H,11H2,1-2H3,(H,21,23). The van der Waals surface area contributed by atoms with Gasteiger partial charge in [0.25, 0.3) is 5.91 Å². The number of methoxy groups -OCH3 is 1. The molecule has 0 spiro atoms. The first-order valence-electron chi connectivity index (χ1n) is 7.52. The fraction of sp³-hybridized carbons (Fsp3) is 0.158. The molecule has 0 aliphatic heterocycles. The van der Waals surface area contributed by atoms with Gasteiger partial charge in [-0.3, -0.25) is 4.79 Å². The Morgan fingerprint density at radius 2 is 2.12 bits per heavy atom. The molecule has 0 aliphatic carbocycles. The first-order chi connectivity index (χ1) is 11.6. The number of nitriles is 1. The van der Waals surface area contributed by atoms with Crippen LogP contribution in [0.4, 0.5) is 0 Å². The van der Waals surface area contributed by atoms with Crippen LogP contribution < -0.4 is 10.1 Å². The minimum atomic E-state index is -0.202. The Kier molecular flexibility index (Phi) is 4.21. The van der Waals surface area contributed by atoms with E-state index in [1.807, 2.05) is 42.1 Å². The van der Waals surface area contributed by atoms with Crippen molar-refractivity contribution in [3.05, 3.63) is 65.4 Å². The molecule has 3 rings (SSSR count). The Balaban J connectivity index is 1.82. The van der Waals surface area contributed by atoms with Crippen LogP contribution in [0, 0.1) is 11.3 Å². The van der Waals surface area contributed by atoms with Crippen molar-refractivity contribution < 1.29 is 9.53 Å². The molecule has 5 heteroatoms. The number of nitrogens with one attached hydrogen (secondary N) is 1. The lowest BCUT2D eigenvalue weighted by Crippen LogP contribution is -2.22. The molecule has 2 aromatic carbocycles. The highest BCUT2D eigenvalue weighted by Gasteiger charge is 2.11. The number of rotatable bonds is 4. The summed E-state index contributed by atoms with van der Waals surface area (Å²) in [5.41, 5.74) is 3.03. The number of benzene rings is 2. The lowest BCUT2D eigenvalue weighted by molar-refractivity contribution is 0.0951. The van der Waals surface area contributed by atoms with E-state index in [2.05, 4.69) is 5.32 Å². The van der Waals surface area contributed by atoms with Crippen LogP contribution in [-0.4, -0.2) is 17.6 Å². The van der Waals surface area contributed by atoms with Gasteiger partial charge in [-0.25, -0.2) is 0 Å². The number of hydrogen-bond donors (Lipinski definition) is 1. The molecule has 0 fully saturated rings. The van der Waals surface area contributed by atoms with Gasteiger partial charge in [0.05, 0.1) is 18.7 Å². The number of amides is 1. The summed E-state index contributed by atoms with van der Waals surface area (Å²) in [7, 11) is 3.60. The summed E-state index contributed by atoms with van der Waals surface area (Å²) < 4.78 is 7.30. The smallest absolute Gasteiger partial charge is 0.251 e. The third kappa shape index (κ3) is 2.95. The van der Waals surface area contributed by atoms with E-state index in [0.717, 1.165) is 22.2 Å². The Labute approximate surface area is 140 Å². The van der Waals surface area contributed by atoms with Crippen molar-refractivity contribution in [1.82, 2.24) is 9.88 Å². The van der Waals surface area contributed by atoms with Crippen LogP contribution >= 0.6 is 0 Å². The maximum atomic E-state index is 12.3. The van der Waals surface area contributed by atoms with Crippen LogP contribution in [0.15, 0.2) is 48.7 Å². The quantitative estimate of drug-likeness (QED) is 0.804. The molecule has 120 valence electrons. The maximum absolute atomic E-state index is 12.3. The number of aromatic nitrogens is 1. The zero-order chi connectivity index (χ0) is 17.1. The van der Waals surface area contributed by atoms with Crippen molar-refractivity contribution in [2.24, 2.45) is 7.05 Å². The number of aryl methyl sites for hydroxylation is 1. The molecule has 3 aromatic rings. The fourth-order valence-corrected chi connectivity index (χ4v) is 2.73. The van der Waals surface area contributed by atoms with Crippen LogP contribution in [0.2, 0.25) is 0 Å². The van der Waals surface area contributed by atoms with Gasteiger partial charge in [-0.2, -0.15) is 5.26 Å². The molecule has 0 bridgehead atoms. The molecule has 1 heterocycles. The van der Waals surface area contributed by atoms with E-state index >= 15 is 0 Å². The third-order valence-corrected chi connectivity index (χ3v) is 3.97. The molecule has 0 atom stereocenters. The highest BCUT2D eigenvalue weighted by molar-refractivity contribution is 5.95. The van der Waals surface area contributed by atoms with Gasteiger partial charge in [0.1, 0.15) is 5.75 Å². The van der Waals surface area contributed by atoms with Crippen LogP contribution in [0.25, 0.3) is 10.9 Å². The molecule has 5 nitrogen and oxygen atoms in total. The number of nitrogens with zero attached hydrogens (tertiary/aromatic N) is 2. The minimum absolute atomic E-state index is 0.202. The van der Waals surface area contributed by atoms with E-state index in [0.29, 0.717) is 17.7 Å². The minimum Gasteiger partial charge on any atom is -0.497 e. The first-order valence-corrected chi connectivity index (χ1v) is 7.52. The second-order valence-electron chi connectivity index (χ2n) is 5.52. The van der Waals surface area contributed by atoms with Gasteiger partial charge in [-0.05, 0) is 42.0 Å². The number of fused-ring (bicyclic) bond motifs is 1. The summed E-state index contributed by atoms with van der Waals surface area (Å²) in [6.07, 6.45) is 2.00. The SMILES string of the molecule is COc1ccc2c(c1)c(CNC(=O)c1cccc(C#N)c1)cn2C. The first kappa shape index (κ1) is 15.6. The van der Waals surface area contributed by atoms with Crippen LogP contribution in [0.3, 0.4) is 0 Å². The van der Waals surface area contributed by atoms with E-state index < -0.39 is 0 Å². The summed E-state index contributed by atoms with van der Waals surface area (Å²) in [4.78, 5) is 12.3. The molecular formula is C19H17N3O2. The van der Waals surface area contributed by atoms with Gasteiger partial charge in [0.2, 0.25) is 0 Å². The van der Waals surface area contributed by atoms with Crippen LogP contribution in [0.1, 0.15) is 21.5 Å². The van der Waals surface area contributed by atoms with Crippen molar-refractivity contribution in [1.29, 1.82) is 5.26 Å². The summed E-state index contributed by atoms with van der Waals surface area (Å²) in [6.45, 7) is 0.403. The predicted octanol–water partition coefficient (Wildman–Crippen LogP) is 2.99. The van der Waals surface area contributed by atoms with Crippen LogP contribution in [-0.2, 0) is 13.6 Å². The van der Waals surface area contributed by atoms with E-state index in [-0.39, 0.29) is 5.91 Å². The van der Waals surface area contributed by atoms with Crippen molar-refractivity contribution in [2.45, 2.75) is 6.54 Å². The normalized spacial score (nSPS) is 10.4. The average Bonchev–Trinajstić information content (AvgIpc) is 2.95. The van der Waals surface area contributed by atoms with Gasteiger partial charge in [0, 0.05) is 36.3 Å². The monoisotopic (exact) mass is 319 g/mol. The van der Waals surface area contributed by atoms with E-state index in [1.165, 1.54) is 0 Å². The van der Waals surface area contributed by atoms with Gasteiger partial charge in [-0.1, -0.05) is 6.07 Å². The fourth-order valence-electron chi connectivity index (χ4n) is 2.73. The van der Waals surface area contributed by atoms with E-state index in [9.17, 15) is 4.79 Å². The highest BCUT2D eigenvalue weighted by Crippen LogP contribution is 2.25. The molecule has 1 aromatic heterocycles. The Bertz CT molecular complexity index is 951. The van der Waals surface area contributed by atoms with Crippen molar-refractivity contribution in [3.8, 4) is 11.8 Å². The zero-order valence-electron chi connectivity index (χ0n) is 13.5. The molecular weight excluding hydrogens is 302 g/mol. The third-order valence-electron chi connectivity index (χ3n) is 3.97. The van der Waals surface area contributed by atoms with Gasteiger partial charge in [-0.15, -0.1) is 0 Å². The summed E-state index contributed by atoms with van der Waals surface area (Å²) in [5, 5.41) is 12.9. The molecule has 24 heavy (non-hydrogen) atoms. The Morgan fingerprint density at radius 3 is 2.88 bits per heavy atom. The van der Waals surface area contributed by atoms with Crippen LogP contribution in [0.5, 0.6) is 5.75 Å². The molecule has 1 N–H and O–H groups in total. The molecule has 0 unspecified atom stereocenters. The van der Waals surface area contributed by atoms with E-state index in [1.54, 1.807) is 31.4 Å². The average molecular weight is 319 g/mol. The predicted molar refractivity (Wildman–Crippen MR) is 91.8 cm³/mol.